The van der Waals surface area contributed by atoms with Gasteiger partial charge in [-0.3, -0.25) is 4.79 Å². The lowest BCUT2D eigenvalue weighted by Crippen LogP contribution is -2.23. The summed E-state index contributed by atoms with van der Waals surface area (Å²) >= 11 is 0. The van der Waals surface area contributed by atoms with Crippen LogP contribution in [0.4, 0.5) is 0 Å². The zero-order valence-electron chi connectivity index (χ0n) is 13.6. The topological polar surface area (TPSA) is 80.0 Å². The van der Waals surface area contributed by atoms with Crippen molar-refractivity contribution >= 4 is 16.9 Å². The monoisotopic (exact) mass is 322 g/mol. The molecular formula is C18H18N4O2. The second kappa shape index (κ2) is 6.16. The third-order valence-electron chi connectivity index (χ3n) is 3.64. The summed E-state index contributed by atoms with van der Waals surface area (Å²) < 4.78 is 0. The van der Waals surface area contributed by atoms with Gasteiger partial charge in [0.05, 0.1) is 0 Å². The quantitative estimate of drug-likeness (QED) is 0.724. The molecule has 6 nitrogen and oxygen atoms in total. The summed E-state index contributed by atoms with van der Waals surface area (Å²) in [7, 11) is 0. The summed E-state index contributed by atoms with van der Waals surface area (Å²) in [5, 5.41) is 22.1. The number of fused-ring (bicyclic) bond motifs is 1. The predicted octanol–water partition coefficient (Wildman–Crippen LogP) is 2.63. The molecule has 122 valence electrons. The van der Waals surface area contributed by atoms with Gasteiger partial charge in [0, 0.05) is 17.7 Å². The average Bonchev–Trinajstić information content (AvgIpc) is 2.98. The van der Waals surface area contributed by atoms with Gasteiger partial charge >= 0.3 is 0 Å². The Morgan fingerprint density at radius 1 is 1.25 bits per heavy atom. The van der Waals surface area contributed by atoms with Gasteiger partial charge in [0.1, 0.15) is 22.5 Å². The molecule has 1 amide bonds. The average molecular weight is 322 g/mol. The van der Waals surface area contributed by atoms with E-state index in [1.54, 1.807) is 13.0 Å². The van der Waals surface area contributed by atoms with Crippen LogP contribution >= 0.6 is 0 Å². The van der Waals surface area contributed by atoms with Gasteiger partial charge in [0.2, 0.25) is 5.91 Å². The second-order valence-electron chi connectivity index (χ2n) is 5.73. The third-order valence-corrected chi connectivity index (χ3v) is 3.64. The van der Waals surface area contributed by atoms with Gasteiger partial charge in [-0.2, -0.15) is 0 Å². The Labute approximate surface area is 139 Å². The van der Waals surface area contributed by atoms with Crippen molar-refractivity contribution in [3.05, 3.63) is 59.7 Å². The Morgan fingerprint density at radius 2 is 1.88 bits per heavy atom. The summed E-state index contributed by atoms with van der Waals surface area (Å²) in [6.07, 6.45) is 0. The minimum absolute atomic E-state index is 0.0444. The van der Waals surface area contributed by atoms with Crippen LogP contribution in [0.25, 0.3) is 16.7 Å². The molecule has 0 fully saturated rings. The van der Waals surface area contributed by atoms with E-state index in [0.717, 1.165) is 16.6 Å². The maximum atomic E-state index is 11.7. The number of rotatable bonds is 4. The van der Waals surface area contributed by atoms with Gasteiger partial charge < -0.3 is 10.4 Å². The number of nitrogens with one attached hydrogen (secondary N) is 1. The van der Waals surface area contributed by atoms with E-state index in [9.17, 15) is 9.90 Å². The molecule has 0 aliphatic heterocycles. The maximum absolute atomic E-state index is 11.7. The minimum atomic E-state index is -0.250. The number of hydrogen-bond acceptors (Lipinski definition) is 4. The first-order chi connectivity index (χ1) is 11.5. The summed E-state index contributed by atoms with van der Waals surface area (Å²) in [6.45, 7) is 7.35. The molecule has 0 aliphatic rings. The van der Waals surface area contributed by atoms with Crippen LogP contribution in [0.1, 0.15) is 18.1 Å². The molecule has 0 atom stereocenters. The molecule has 0 unspecified atom stereocenters. The first-order valence-corrected chi connectivity index (χ1v) is 7.54. The molecule has 0 radical (unpaired) electrons. The number of amides is 1. The largest absolute Gasteiger partial charge is 0.505 e. The number of aromatic nitrogens is 3. The Bertz CT molecular complexity index is 910. The van der Waals surface area contributed by atoms with Crippen molar-refractivity contribution in [2.24, 2.45) is 0 Å². The lowest BCUT2D eigenvalue weighted by atomic mass is 10.1. The molecule has 0 aliphatic carbocycles. The van der Waals surface area contributed by atoms with Gasteiger partial charge in [0.15, 0.2) is 0 Å². The van der Waals surface area contributed by atoms with Gasteiger partial charge in [-0.1, -0.05) is 24.8 Å². The number of phenolic OH excluding ortho intramolecular Hbond substituents is 1. The zero-order chi connectivity index (χ0) is 17.3. The van der Waals surface area contributed by atoms with E-state index in [4.69, 9.17) is 0 Å². The van der Waals surface area contributed by atoms with Gasteiger partial charge in [-0.05, 0) is 37.6 Å². The smallest absolute Gasteiger partial charge is 0.246 e. The fraction of sp³-hybridized carbons (Fsp3) is 0.167. The summed E-state index contributed by atoms with van der Waals surface area (Å²) in [5.74, 6) is -0.205. The molecule has 2 aromatic carbocycles. The molecule has 3 aromatic rings. The number of benzene rings is 2. The molecule has 0 saturated carbocycles. The van der Waals surface area contributed by atoms with E-state index in [-0.39, 0.29) is 18.2 Å². The predicted molar refractivity (Wildman–Crippen MR) is 91.9 cm³/mol. The maximum Gasteiger partial charge on any atom is 0.246 e. The van der Waals surface area contributed by atoms with Crippen LogP contribution in [0.3, 0.4) is 0 Å². The highest BCUT2D eigenvalue weighted by molar-refractivity contribution is 5.92. The second-order valence-corrected chi connectivity index (χ2v) is 5.73. The lowest BCUT2D eigenvalue weighted by Gasteiger charge is -2.11. The Hall–Kier alpha value is -3.15. The molecule has 1 heterocycles. The lowest BCUT2D eigenvalue weighted by molar-refractivity contribution is -0.117. The van der Waals surface area contributed by atoms with Crippen LogP contribution in [0, 0.1) is 6.92 Å². The van der Waals surface area contributed by atoms with Gasteiger partial charge in [0.25, 0.3) is 0 Å². The number of carbonyl (C=O) groups is 1. The highest BCUT2D eigenvalue weighted by Gasteiger charge is 2.14. The van der Waals surface area contributed by atoms with E-state index in [1.807, 2.05) is 37.3 Å². The number of aromatic hydroxyl groups is 1. The SMILES string of the molecule is C=C(C)C(=O)NCc1cc(C)cc(-n2nc3ccccc3n2)c1O. The van der Waals surface area contributed by atoms with Crippen molar-refractivity contribution in [3.8, 4) is 11.4 Å². The molecule has 24 heavy (non-hydrogen) atoms. The van der Waals surface area contributed by atoms with Crippen LogP contribution in [-0.4, -0.2) is 26.0 Å². The Morgan fingerprint density at radius 3 is 2.46 bits per heavy atom. The normalized spacial score (nSPS) is 10.8. The molecule has 1 aromatic heterocycles. The Balaban J connectivity index is 1.99. The standard InChI is InChI=1S/C18H18N4O2/c1-11(2)18(24)19-10-13-8-12(3)9-16(17(13)23)22-20-14-6-4-5-7-15(14)21-22/h4-9,23H,1,10H2,2-3H3,(H,19,24). The first kappa shape index (κ1) is 15.7. The molecular weight excluding hydrogens is 304 g/mol. The number of carbonyl (C=O) groups excluding carboxylic acids is 1. The summed E-state index contributed by atoms with van der Waals surface area (Å²) in [4.78, 5) is 13.1. The van der Waals surface area contributed by atoms with E-state index in [1.165, 1.54) is 4.80 Å². The summed E-state index contributed by atoms with van der Waals surface area (Å²) in [5.41, 5.74) is 3.92. The highest BCUT2D eigenvalue weighted by Crippen LogP contribution is 2.28. The number of aryl methyl sites for hydroxylation is 1. The van der Waals surface area contributed by atoms with Crippen LogP contribution in [0.5, 0.6) is 5.75 Å². The molecule has 3 rings (SSSR count). The highest BCUT2D eigenvalue weighted by atomic mass is 16.3. The van der Waals surface area contributed by atoms with Crippen molar-refractivity contribution in [3.63, 3.8) is 0 Å². The van der Waals surface area contributed by atoms with E-state index in [2.05, 4.69) is 22.1 Å². The van der Waals surface area contributed by atoms with Gasteiger partial charge in [-0.25, -0.2) is 0 Å². The van der Waals surface area contributed by atoms with Crippen LogP contribution in [0.2, 0.25) is 0 Å². The van der Waals surface area contributed by atoms with Crippen LogP contribution in [-0.2, 0) is 11.3 Å². The molecule has 0 bridgehead atoms. The Kier molecular flexibility index (Phi) is 4.04. The van der Waals surface area contributed by atoms with Gasteiger partial charge in [-0.15, -0.1) is 15.0 Å². The minimum Gasteiger partial charge on any atom is -0.505 e. The summed E-state index contributed by atoms with van der Waals surface area (Å²) in [6, 6.07) is 11.1. The number of nitrogens with zero attached hydrogens (tertiary/aromatic N) is 3. The van der Waals surface area contributed by atoms with Crippen molar-refractivity contribution in [1.82, 2.24) is 20.3 Å². The molecule has 0 saturated heterocycles. The third kappa shape index (κ3) is 2.99. The number of phenols is 1. The number of hydrogen-bond donors (Lipinski definition) is 2. The molecule has 6 heteroatoms. The van der Waals surface area contributed by atoms with Crippen molar-refractivity contribution in [1.29, 1.82) is 0 Å². The first-order valence-electron chi connectivity index (χ1n) is 7.54. The van der Waals surface area contributed by atoms with Crippen molar-refractivity contribution in [2.45, 2.75) is 20.4 Å². The van der Waals surface area contributed by atoms with Crippen molar-refractivity contribution in [2.75, 3.05) is 0 Å². The van der Waals surface area contributed by atoms with E-state index < -0.39 is 0 Å². The van der Waals surface area contributed by atoms with Crippen LogP contribution in [0.15, 0.2) is 48.6 Å². The van der Waals surface area contributed by atoms with Crippen molar-refractivity contribution < 1.29 is 9.90 Å². The van der Waals surface area contributed by atoms with E-state index in [0.29, 0.717) is 16.8 Å². The fourth-order valence-electron chi connectivity index (χ4n) is 2.41. The molecule has 0 spiro atoms. The van der Waals surface area contributed by atoms with E-state index >= 15 is 0 Å². The fourth-order valence-corrected chi connectivity index (χ4v) is 2.41. The molecule has 2 N–H and O–H groups in total. The van der Waals surface area contributed by atoms with Crippen LogP contribution < -0.4 is 5.32 Å². The zero-order valence-corrected chi connectivity index (χ0v) is 13.6.